The van der Waals surface area contributed by atoms with Gasteiger partial charge in [0.2, 0.25) is 0 Å². The maximum atomic E-state index is 11.4. The molecule has 0 radical (unpaired) electrons. The van der Waals surface area contributed by atoms with Gasteiger partial charge in [-0.15, -0.1) is 0 Å². The summed E-state index contributed by atoms with van der Waals surface area (Å²) in [6.45, 7) is 5.55. The first-order valence-corrected chi connectivity index (χ1v) is 11.8. The first-order valence-electron chi connectivity index (χ1n) is 9.70. The molecule has 1 unspecified atom stereocenters. The summed E-state index contributed by atoms with van der Waals surface area (Å²) in [5.41, 5.74) is 3.19. The van der Waals surface area contributed by atoms with Gasteiger partial charge in [0, 0.05) is 18.8 Å². The number of hydrogen-bond acceptors (Lipinski definition) is 3. The van der Waals surface area contributed by atoms with Gasteiger partial charge >= 0.3 is 0 Å². The summed E-state index contributed by atoms with van der Waals surface area (Å²) in [4.78, 5) is 4.66. The standard InChI is InChI=1S/C22H31N3O2S/c1-4-23-22(25-18(2)10-11-19-8-6-5-7-9-19)24-16-20-12-14-21(15-13-20)17-28(3,26)27/h5-9,12-15,18H,4,10-11,16-17H2,1-3H3,(H2,23,24,25). The van der Waals surface area contributed by atoms with Crippen molar-refractivity contribution in [2.75, 3.05) is 12.8 Å². The van der Waals surface area contributed by atoms with Crippen LogP contribution < -0.4 is 10.6 Å². The highest BCUT2D eigenvalue weighted by Gasteiger charge is 2.07. The van der Waals surface area contributed by atoms with Crippen molar-refractivity contribution in [3.8, 4) is 0 Å². The van der Waals surface area contributed by atoms with Crippen molar-refractivity contribution >= 4 is 15.8 Å². The first-order chi connectivity index (χ1) is 13.4. The Bertz CT molecular complexity index is 847. The van der Waals surface area contributed by atoms with Gasteiger partial charge in [-0.25, -0.2) is 13.4 Å². The van der Waals surface area contributed by atoms with Crippen molar-refractivity contribution in [1.82, 2.24) is 10.6 Å². The molecule has 0 spiro atoms. The van der Waals surface area contributed by atoms with E-state index < -0.39 is 9.84 Å². The average molecular weight is 402 g/mol. The van der Waals surface area contributed by atoms with E-state index >= 15 is 0 Å². The van der Waals surface area contributed by atoms with Crippen molar-refractivity contribution in [3.05, 3.63) is 71.3 Å². The SMILES string of the molecule is CCNC(=NCc1ccc(CS(C)(=O)=O)cc1)NC(C)CCc1ccccc1. The molecule has 28 heavy (non-hydrogen) atoms. The van der Waals surface area contributed by atoms with Gasteiger partial charge in [0.05, 0.1) is 12.3 Å². The third kappa shape index (κ3) is 8.57. The lowest BCUT2D eigenvalue weighted by Crippen LogP contribution is -2.42. The Kier molecular flexibility index (Phi) is 8.51. The predicted octanol–water partition coefficient (Wildman–Crippen LogP) is 3.31. The van der Waals surface area contributed by atoms with Crippen LogP contribution in [-0.2, 0) is 28.6 Å². The van der Waals surface area contributed by atoms with Crippen molar-refractivity contribution in [3.63, 3.8) is 0 Å². The molecule has 152 valence electrons. The van der Waals surface area contributed by atoms with E-state index in [-0.39, 0.29) is 5.75 Å². The van der Waals surface area contributed by atoms with Crippen molar-refractivity contribution in [2.24, 2.45) is 4.99 Å². The zero-order valence-corrected chi connectivity index (χ0v) is 17.8. The molecule has 2 rings (SSSR count). The van der Waals surface area contributed by atoms with Crippen LogP contribution in [0.25, 0.3) is 0 Å². The molecule has 0 bridgehead atoms. The van der Waals surface area contributed by atoms with E-state index in [1.54, 1.807) is 0 Å². The van der Waals surface area contributed by atoms with Crippen LogP contribution in [0.15, 0.2) is 59.6 Å². The number of benzene rings is 2. The Morgan fingerprint density at radius 2 is 1.64 bits per heavy atom. The van der Waals surface area contributed by atoms with Gasteiger partial charge in [-0.1, -0.05) is 54.6 Å². The van der Waals surface area contributed by atoms with Crippen molar-refractivity contribution in [2.45, 2.75) is 45.0 Å². The maximum Gasteiger partial charge on any atom is 0.191 e. The second-order valence-electron chi connectivity index (χ2n) is 7.15. The minimum Gasteiger partial charge on any atom is -0.357 e. The fraction of sp³-hybridized carbons (Fsp3) is 0.409. The molecule has 6 heteroatoms. The largest absolute Gasteiger partial charge is 0.357 e. The lowest BCUT2D eigenvalue weighted by Gasteiger charge is -2.18. The molecule has 0 saturated heterocycles. The van der Waals surface area contributed by atoms with Crippen LogP contribution in [0.3, 0.4) is 0 Å². The molecule has 0 heterocycles. The molecule has 1 atom stereocenters. The highest BCUT2D eigenvalue weighted by atomic mass is 32.2. The lowest BCUT2D eigenvalue weighted by atomic mass is 10.1. The number of aliphatic imine (C=N–C) groups is 1. The van der Waals surface area contributed by atoms with Crippen molar-refractivity contribution in [1.29, 1.82) is 0 Å². The van der Waals surface area contributed by atoms with Crippen molar-refractivity contribution < 1.29 is 8.42 Å². The van der Waals surface area contributed by atoms with Gasteiger partial charge in [0.15, 0.2) is 15.8 Å². The average Bonchev–Trinajstić information content (AvgIpc) is 2.65. The van der Waals surface area contributed by atoms with Crippen LogP contribution in [0.4, 0.5) is 0 Å². The quantitative estimate of drug-likeness (QED) is 0.500. The van der Waals surface area contributed by atoms with E-state index in [0.29, 0.717) is 12.6 Å². The summed E-state index contributed by atoms with van der Waals surface area (Å²) in [5.74, 6) is 0.864. The monoisotopic (exact) mass is 401 g/mol. The second-order valence-corrected chi connectivity index (χ2v) is 9.29. The third-order valence-electron chi connectivity index (χ3n) is 4.31. The minimum absolute atomic E-state index is 0.0691. The molecule has 5 nitrogen and oxygen atoms in total. The fourth-order valence-corrected chi connectivity index (χ4v) is 3.67. The molecule has 2 N–H and O–H groups in total. The predicted molar refractivity (Wildman–Crippen MR) is 117 cm³/mol. The molecule has 0 aliphatic carbocycles. The highest BCUT2D eigenvalue weighted by molar-refractivity contribution is 7.89. The van der Waals surface area contributed by atoms with Gasteiger partial charge in [0.1, 0.15) is 0 Å². The third-order valence-corrected chi connectivity index (χ3v) is 5.17. The molecule has 2 aromatic rings. The van der Waals surface area contributed by atoms with E-state index in [9.17, 15) is 8.42 Å². The van der Waals surface area contributed by atoms with E-state index in [0.717, 1.165) is 36.5 Å². The number of nitrogens with one attached hydrogen (secondary N) is 2. The van der Waals surface area contributed by atoms with Crippen LogP contribution in [0, 0.1) is 0 Å². The van der Waals surface area contributed by atoms with Gasteiger partial charge in [-0.05, 0) is 43.4 Å². The van der Waals surface area contributed by atoms with Gasteiger partial charge in [-0.2, -0.15) is 0 Å². The molecule has 0 aromatic heterocycles. The number of guanidine groups is 1. The summed E-state index contributed by atoms with van der Waals surface area (Å²) >= 11 is 0. The smallest absolute Gasteiger partial charge is 0.191 e. The molecular weight excluding hydrogens is 370 g/mol. The van der Waals surface area contributed by atoms with Crippen LogP contribution in [-0.4, -0.2) is 33.2 Å². The minimum atomic E-state index is -3.01. The van der Waals surface area contributed by atoms with Crippen LogP contribution in [0.5, 0.6) is 0 Å². The Morgan fingerprint density at radius 3 is 2.25 bits per heavy atom. The normalized spacial score (nSPS) is 13.2. The van der Waals surface area contributed by atoms with E-state index in [2.05, 4.69) is 46.8 Å². The molecule has 0 aliphatic rings. The Morgan fingerprint density at radius 1 is 1.00 bits per heavy atom. The van der Waals surface area contributed by atoms with Crippen LogP contribution in [0.1, 0.15) is 37.0 Å². The summed E-state index contributed by atoms with van der Waals surface area (Å²) < 4.78 is 22.8. The number of sulfone groups is 1. The van der Waals surface area contributed by atoms with Gasteiger partial charge in [0.25, 0.3) is 0 Å². The lowest BCUT2D eigenvalue weighted by molar-refractivity contribution is 0.593. The Hall–Kier alpha value is -2.34. The molecule has 0 saturated carbocycles. The van der Waals surface area contributed by atoms with Gasteiger partial charge in [-0.3, -0.25) is 0 Å². The van der Waals surface area contributed by atoms with Crippen LogP contribution in [0.2, 0.25) is 0 Å². The molecule has 2 aromatic carbocycles. The number of nitrogens with zero attached hydrogens (tertiary/aromatic N) is 1. The topological polar surface area (TPSA) is 70.6 Å². The zero-order valence-electron chi connectivity index (χ0n) is 17.0. The number of rotatable bonds is 9. The summed E-state index contributed by atoms with van der Waals surface area (Å²) in [6, 6.07) is 18.4. The zero-order chi connectivity index (χ0) is 20.4. The Balaban J connectivity index is 1.90. The molecular formula is C22H31N3O2S. The Labute approximate surface area is 169 Å². The van der Waals surface area contributed by atoms with Gasteiger partial charge < -0.3 is 10.6 Å². The molecule has 0 amide bonds. The summed E-state index contributed by atoms with van der Waals surface area (Å²) in [6.07, 6.45) is 3.29. The number of aryl methyl sites for hydroxylation is 1. The second kappa shape index (κ2) is 10.9. The highest BCUT2D eigenvalue weighted by Crippen LogP contribution is 2.09. The van der Waals surface area contributed by atoms with Crippen LogP contribution >= 0.6 is 0 Å². The fourth-order valence-electron chi connectivity index (χ4n) is 2.87. The maximum absolute atomic E-state index is 11.4. The molecule has 0 aliphatic heterocycles. The van der Waals surface area contributed by atoms with E-state index in [1.165, 1.54) is 11.8 Å². The summed E-state index contributed by atoms with van der Waals surface area (Å²) in [7, 11) is -3.01. The summed E-state index contributed by atoms with van der Waals surface area (Å²) in [5, 5.41) is 6.74. The van der Waals surface area contributed by atoms with E-state index in [4.69, 9.17) is 0 Å². The number of hydrogen-bond donors (Lipinski definition) is 2. The first kappa shape index (κ1) is 22.0. The molecule has 0 fully saturated rings. The van der Waals surface area contributed by atoms with E-state index in [1.807, 2.05) is 37.3 Å².